The predicted molar refractivity (Wildman–Crippen MR) is 281 cm³/mol. The van der Waals surface area contributed by atoms with E-state index in [1.807, 2.05) is 146 Å². The monoisotopic (exact) mass is 928 g/mol. The standard InChI is InChI=1S/C36H24N6.C24H16N6/c1-5-17-37-29(9-1)33-21-27(22-34(41-33)30-10-2-6-18-38-30)25-13-15-26(16-14-25)28-23-35(31-11-3-7-19-39-31)42-36(24-28)32-12-4-8-20-40-32;1-5-13-25-17(9-1)21-22(18-10-2-6-14-26-18)30-24(20-12-4-8-16-28-20)23(29-21)19-11-3-7-15-27-19/h1-24H;1-16H. The van der Waals surface area contributed by atoms with Gasteiger partial charge in [-0.15, -0.1) is 0 Å². The van der Waals surface area contributed by atoms with Crippen LogP contribution in [0.25, 0.3) is 113 Å². The number of benzene rings is 1. The molecule has 12 aromatic rings. The minimum absolute atomic E-state index is 0.648. The van der Waals surface area contributed by atoms with E-state index in [0.29, 0.717) is 22.8 Å². The zero-order chi connectivity index (χ0) is 48.3. The Morgan fingerprint density at radius 1 is 0.167 bits per heavy atom. The maximum atomic E-state index is 5.00. The molecule has 0 aliphatic heterocycles. The van der Waals surface area contributed by atoms with E-state index in [1.165, 1.54) is 0 Å². The van der Waals surface area contributed by atoms with E-state index in [9.17, 15) is 0 Å². The molecule has 12 heteroatoms. The van der Waals surface area contributed by atoms with Gasteiger partial charge in [-0.05, 0) is 144 Å². The molecule has 0 amide bonds. The molecular weight excluding hydrogens is 889 g/mol. The van der Waals surface area contributed by atoms with E-state index in [4.69, 9.17) is 19.9 Å². The summed E-state index contributed by atoms with van der Waals surface area (Å²) in [4.78, 5) is 56.0. The summed E-state index contributed by atoms with van der Waals surface area (Å²) in [5, 5.41) is 0. The van der Waals surface area contributed by atoms with Gasteiger partial charge in [-0.25, -0.2) is 19.9 Å². The fourth-order valence-corrected chi connectivity index (χ4v) is 7.99. The third-order valence-corrected chi connectivity index (χ3v) is 11.4. The fourth-order valence-electron chi connectivity index (χ4n) is 7.99. The van der Waals surface area contributed by atoms with Crippen LogP contribution in [0.2, 0.25) is 0 Å². The van der Waals surface area contributed by atoms with Crippen molar-refractivity contribution < 1.29 is 0 Å². The van der Waals surface area contributed by atoms with Crippen molar-refractivity contribution in [2.24, 2.45) is 0 Å². The van der Waals surface area contributed by atoms with Crippen LogP contribution in [0.4, 0.5) is 0 Å². The van der Waals surface area contributed by atoms with Gasteiger partial charge in [-0.2, -0.15) is 0 Å². The van der Waals surface area contributed by atoms with Crippen LogP contribution in [-0.4, -0.2) is 59.8 Å². The fraction of sp³-hybridized carbons (Fsp3) is 0. The van der Waals surface area contributed by atoms with Gasteiger partial charge in [-0.1, -0.05) is 72.8 Å². The lowest BCUT2D eigenvalue weighted by Gasteiger charge is -2.14. The Labute approximate surface area is 415 Å². The Bertz CT molecular complexity index is 3230. The van der Waals surface area contributed by atoms with Crippen molar-refractivity contribution in [2.75, 3.05) is 0 Å². The molecule has 1 aromatic carbocycles. The highest BCUT2D eigenvalue weighted by atomic mass is 14.9. The molecule has 11 aromatic heterocycles. The molecule has 12 rings (SSSR count). The smallest absolute Gasteiger partial charge is 0.117 e. The minimum atomic E-state index is 0.648. The predicted octanol–water partition coefficient (Wildman–Crippen LogP) is 12.8. The molecule has 0 saturated carbocycles. The summed E-state index contributed by atoms with van der Waals surface area (Å²) in [7, 11) is 0. The molecule has 0 N–H and O–H groups in total. The van der Waals surface area contributed by atoms with Crippen LogP contribution in [0.5, 0.6) is 0 Å². The second kappa shape index (κ2) is 21.0. The Morgan fingerprint density at radius 3 is 0.569 bits per heavy atom. The van der Waals surface area contributed by atoms with Gasteiger partial charge in [-0.3, -0.25) is 39.9 Å². The molecule has 0 saturated heterocycles. The van der Waals surface area contributed by atoms with Gasteiger partial charge in [0.15, 0.2) is 0 Å². The molecule has 0 spiro atoms. The summed E-state index contributed by atoms with van der Waals surface area (Å²) in [5.41, 5.74) is 16.1. The molecule has 0 fully saturated rings. The molecule has 0 atom stereocenters. The highest BCUT2D eigenvalue weighted by Gasteiger charge is 2.22. The molecule has 72 heavy (non-hydrogen) atoms. The highest BCUT2D eigenvalue weighted by molar-refractivity contribution is 5.83. The maximum Gasteiger partial charge on any atom is 0.117 e. The number of hydrogen-bond donors (Lipinski definition) is 0. The zero-order valence-corrected chi connectivity index (χ0v) is 38.5. The Morgan fingerprint density at radius 2 is 0.375 bits per heavy atom. The van der Waals surface area contributed by atoms with E-state index in [0.717, 1.165) is 90.6 Å². The molecule has 0 aliphatic carbocycles. The molecule has 0 aliphatic rings. The highest BCUT2D eigenvalue weighted by Crippen LogP contribution is 2.36. The number of nitrogens with zero attached hydrogens (tertiary/aromatic N) is 12. The largest absolute Gasteiger partial charge is 0.255 e. The number of aromatic nitrogens is 12. The van der Waals surface area contributed by atoms with Crippen LogP contribution < -0.4 is 0 Å². The molecule has 11 heterocycles. The van der Waals surface area contributed by atoms with Crippen LogP contribution >= 0.6 is 0 Å². The van der Waals surface area contributed by atoms with Gasteiger partial charge < -0.3 is 0 Å². The van der Waals surface area contributed by atoms with E-state index < -0.39 is 0 Å². The first-order valence-corrected chi connectivity index (χ1v) is 23.1. The molecule has 340 valence electrons. The molecule has 0 bridgehead atoms. The lowest BCUT2D eigenvalue weighted by Crippen LogP contribution is -2.03. The van der Waals surface area contributed by atoms with E-state index in [2.05, 4.69) is 88.4 Å². The number of pyridine rings is 10. The third kappa shape index (κ3) is 10.00. The molecule has 0 radical (unpaired) electrons. The van der Waals surface area contributed by atoms with Gasteiger partial charge in [0, 0.05) is 49.6 Å². The van der Waals surface area contributed by atoms with Crippen LogP contribution in [0.1, 0.15) is 0 Å². The molecule has 0 unspecified atom stereocenters. The van der Waals surface area contributed by atoms with Crippen molar-refractivity contribution in [3.8, 4) is 113 Å². The lowest BCUT2D eigenvalue weighted by molar-refractivity contribution is 1.13. The van der Waals surface area contributed by atoms with E-state index in [1.54, 1.807) is 49.6 Å². The first-order chi connectivity index (χ1) is 35.7. The van der Waals surface area contributed by atoms with Crippen molar-refractivity contribution in [1.82, 2.24) is 59.8 Å². The molecule has 12 nitrogen and oxygen atoms in total. The summed E-state index contributed by atoms with van der Waals surface area (Å²) in [6, 6.07) is 63.1. The topological polar surface area (TPSA) is 155 Å². The number of rotatable bonds is 10. The lowest BCUT2D eigenvalue weighted by atomic mass is 9.98. The number of hydrogen-bond acceptors (Lipinski definition) is 12. The summed E-state index contributed by atoms with van der Waals surface area (Å²) < 4.78 is 0. The van der Waals surface area contributed by atoms with E-state index >= 15 is 0 Å². The normalized spacial score (nSPS) is 10.8. The van der Waals surface area contributed by atoms with Crippen LogP contribution in [0.3, 0.4) is 0 Å². The van der Waals surface area contributed by atoms with Crippen molar-refractivity contribution >= 4 is 0 Å². The SMILES string of the molecule is c1ccc(-c2cc(-c3ccc(-c4cc(-c5ccccn5)nc(-c5ccccn5)c4)cc3)cc(-c3ccccn3)n2)nc1.c1ccc(-c2nc(-c3ccccn3)c(-c3ccccn3)nc2-c2ccccn2)nc1. The Balaban J connectivity index is 0.000000165. The van der Waals surface area contributed by atoms with Crippen molar-refractivity contribution in [2.45, 2.75) is 0 Å². The summed E-state index contributed by atoms with van der Waals surface area (Å²) in [5.74, 6) is 0. The molecular formula is C60H40N12. The van der Waals surface area contributed by atoms with Crippen LogP contribution in [0, 0.1) is 0 Å². The maximum absolute atomic E-state index is 5.00. The zero-order valence-electron chi connectivity index (χ0n) is 38.5. The summed E-state index contributed by atoms with van der Waals surface area (Å²) in [6.45, 7) is 0. The second-order valence-electron chi connectivity index (χ2n) is 16.2. The average molecular weight is 929 g/mol. The average Bonchev–Trinajstić information content (AvgIpc) is 3.48. The Hall–Kier alpha value is -10.2. The third-order valence-electron chi connectivity index (χ3n) is 11.4. The van der Waals surface area contributed by atoms with Crippen LogP contribution in [-0.2, 0) is 0 Å². The van der Waals surface area contributed by atoms with Crippen molar-refractivity contribution in [1.29, 1.82) is 0 Å². The first-order valence-electron chi connectivity index (χ1n) is 23.1. The van der Waals surface area contributed by atoms with Crippen LogP contribution in [0.15, 0.2) is 244 Å². The van der Waals surface area contributed by atoms with Crippen molar-refractivity contribution in [3.63, 3.8) is 0 Å². The van der Waals surface area contributed by atoms with Gasteiger partial charge in [0.1, 0.15) is 22.8 Å². The first kappa shape index (κ1) is 44.3. The van der Waals surface area contributed by atoms with Gasteiger partial charge in [0.05, 0.1) is 68.3 Å². The van der Waals surface area contributed by atoms with Crippen molar-refractivity contribution in [3.05, 3.63) is 244 Å². The van der Waals surface area contributed by atoms with E-state index in [-0.39, 0.29) is 0 Å². The Kier molecular flexibility index (Phi) is 12.9. The van der Waals surface area contributed by atoms with Gasteiger partial charge in [0.2, 0.25) is 0 Å². The summed E-state index contributed by atoms with van der Waals surface area (Å²) >= 11 is 0. The van der Waals surface area contributed by atoms with Gasteiger partial charge >= 0.3 is 0 Å². The minimum Gasteiger partial charge on any atom is -0.255 e. The second-order valence-corrected chi connectivity index (χ2v) is 16.2. The quantitative estimate of drug-likeness (QED) is 0.128. The van der Waals surface area contributed by atoms with Gasteiger partial charge in [0.25, 0.3) is 0 Å². The summed E-state index contributed by atoms with van der Waals surface area (Å²) in [6.07, 6.45) is 14.1.